The van der Waals surface area contributed by atoms with Crippen molar-refractivity contribution in [2.45, 2.75) is 11.3 Å². The van der Waals surface area contributed by atoms with Crippen molar-refractivity contribution in [1.82, 2.24) is 9.78 Å². The lowest BCUT2D eigenvalue weighted by molar-refractivity contribution is -0.223. The van der Waals surface area contributed by atoms with Crippen molar-refractivity contribution >= 4 is 10.1 Å². The molecule has 1 aromatic heterocycles. The van der Waals surface area contributed by atoms with E-state index < -0.39 is 26.1 Å². The van der Waals surface area contributed by atoms with Crippen LogP contribution in [-0.4, -0.2) is 28.0 Å². The average molecular weight is 247 g/mol. The Morgan fingerprint density at radius 3 is 2.13 bits per heavy atom. The van der Waals surface area contributed by atoms with E-state index in [1.165, 1.54) is 0 Å². The van der Waals surface area contributed by atoms with Crippen molar-refractivity contribution in [2.24, 2.45) is 0 Å². The highest BCUT2D eigenvalue weighted by molar-refractivity contribution is 7.86. The molecule has 0 saturated carbocycles. The molecule has 86 valence electrons. The molecule has 1 heterocycles. The topological polar surface area (TPSA) is 75.0 Å². The standard InChI is InChI=1S/C5H4F4N2O3S/c6-4(7,11-3-1-2-10-11)5(8,9)15(12,13)14/h1-3H,(H,12,13,14)/p-1. The normalized spacial score (nSPS) is 14.2. The van der Waals surface area contributed by atoms with Crippen LogP contribution in [0.2, 0.25) is 0 Å². The number of rotatable bonds is 3. The molecule has 0 aromatic carbocycles. The summed E-state index contributed by atoms with van der Waals surface area (Å²) in [5.41, 5.74) is 0. The second-order valence-electron chi connectivity index (χ2n) is 2.46. The Morgan fingerprint density at radius 2 is 1.80 bits per heavy atom. The summed E-state index contributed by atoms with van der Waals surface area (Å²) >= 11 is 0. The minimum Gasteiger partial charge on any atom is -0.743 e. The predicted octanol–water partition coefficient (Wildman–Crippen LogP) is 0.570. The molecule has 0 radical (unpaired) electrons. The van der Waals surface area contributed by atoms with E-state index in [1.54, 1.807) is 0 Å². The van der Waals surface area contributed by atoms with Gasteiger partial charge in [0.25, 0.3) is 0 Å². The molecule has 0 fully saturated rings. The molecule has 0 amide bonds. The molecule has 1 aromatic rings. The molecule has 15 heavy (non-hydrogen) atoms. The maximum Gasteiger partial charge on any atom is 0.420 e. The van der Waals surface area contributed by atoms with Crippen molar-refractivity contribution in [1.29, 1.82) is 0 Å². The van der Waals surface area contributed by atoms with Crippen LogP contribution in [0.25, 0.3) is 0 Å². The van der Waals surface area contributed by atoms with E-state index in [1.807, 2.05) is 0 Å². The van der Waals surface area contributed by atoms with Gasteiger partial charge in [-0.05, 0) is 6.07 Å². The van der Waals surface area contributed by atoms with Crippen LogP contribution in [-0.2, 0) is 16.2 Å². The van der Waals surface area contributed by atoms with Crippen LogP contribution in [0.3, 0.4) is 0 Å². The molecular formula is C5H3F4N2O3S-. The molecule has 0 aliphatic carbocycles. The van der Waals surface area contributed by atoms with Gasteiger partial charge in [-0.1, -0.05) is 0 Å². The van der Waals surface area contributed by atoms with Crippen LogP contribution in [0.5, 0.6) is 0 Å². The van der Waals surface area contributed by atoms with Crippen LogP contribution < -0.4 is 0 Å². The Balaban J connectivity index is 3.29. The van der Waals surface area contributed by atoms with E-state index in [2.05, 4.69) is 5.10 Å². The van der Waals surface area contributed by atoms with Crippen LogP contribution in [0.15, 0.2) is 18.5 Å². The van der Waals surface area contributed by atoms with Crippen molar-refractivity contribution < 1.29 is 30.5 Å². The van der Waals surface area contributed by atoms with E-state index in [-0.39, 0.29) is 0 Å². The smallest absolute Gasteiger partial charge is 0.420 e. The van der Waals surface area contributed by atoms with Crippen LogP contribution in [0.1, 0.15) is 0 Å². The fourth-order valence-corrected chi connectivity index (χ4v) is 1.11. The third-order valence-corrected chi connectivity index (χ3v) is 2.33. The number of aromatic nitrogens is 2. The molecule has 0 N–H and O–H groups in total. The molecule has 0 bridgehead atoms. The molecule has 0 atom stereocenters. The molecule has 0 spiro atoms. The first-order chi connectivity index (χ1) is 6.61. The van der Waals surface area contributed by atoms with E-state index in [0.29, 0.717) is 6.20 Å². The highest BCUT2D eigenvalue weighted by Gasteiger charge is 2.64. The number of hydrogen-bond acceptors (Lipinski definition) is 4. The van der Waals surface area contributed by atoms with E-state index in [4.69, 9.17) is 0 Å². The first kappa shape index (κ1) is 11.9. The third-order valence-electron chi connectivity index (χ3n) is 1.46. The van der Waals surface area contributed by atoms with E-state index >= 15 is 0 Å². The van der Waals surface area contributed by atoms with Crippen molar-refractivity contribution in [3.63, 3.8) is 0 Å². The van der Waals surface area contributed by atoms with Gasteiger partial charge in [-0.15, -0.1) is 0 Å². The summed E-state index contributed by atoms with van der Waals surface area (Å²) in [6.45, 7) is 0. The Hall–Kier alpha value is -1.16. The summed E-state index contributed by atoms with van der Waals surface area (Å²) in [6.07, 6.45) is 1.15. The molecule has 0 aliphatic rings. The van der Waals surface area contributed by atoms with Gasteiger partial charge in [0.2, 0.25) is 0 Å². The second-order valence-corrected chi connectivity index (χ2v) is 3.88. The van der Waals surface area contributed by atoms with Crippen LogP contribution in [0, 0.1) is 0 Å². The maximum atomic E-state index is 12.8. The monoisotopic (exact) mass is 247 g/mol. The minimum absolute atomic E-state index is 0.416. The van der Waals surface area contributed by atoms with Crippen molar-refractivity contribution in [3.05, 3.63) is 18.5 Å². The fourth-order valence-electron chi connectivity index (χ4n) is 0.719. The zero-order chi connectivity index (χ0) is 11.9. The van der Waals surface area contributed by atoms with Crippen LogP contribution >= 0.6 is 0 Å². The van der Waals surface area contributed by atoms with E-state index in [9.17, 15) is 30.5 Å². The highest BCUT2D eigenvalue weighted by atomic mass is 32.2. The third kappa shape index (κ3) is 1.69. The van der Waals surface area contributed by atoms with Gasteiger partial charge in [0.15, 0.2) is 10.1 Å². The zero-order valence-electron chi connectivity index (χ0n) is 6.77. The lowest BCUT2D eigenvalue weighted by Gasteiger charge is -2.27. The lowest BCUT2D eigenvalue weighted by Crippen LogP contribution is -2.48. The average Bonchev–Trinajstić information content (AvgIpc) is 2.53. The summed E-state index contributed by atoms with van der Waals surface area (Å²) < 4.78 is 80.1. The quantitative estimate of drug-likeness (QED) is 0.578. The zero-order valence-corrected chi connectivity index (χ0v) is 7.59. The fraction of sp³-hybridized carbons (Fsp3) is 0.400. The Morgan fingerprint density at radius 1 is 1.27 bits per heavy atom. The Bertz CT molecular complexity index is 441. The molecule has 10 heteroatoms. The molecule has 0 unspecified atom stereocenters. The first-order valence-electron chi connectivity index (χ1n) is 3.32. The van der Waals surface area contributed by atoms with Gasteiger partial charge in [0.05, 0.1) is 0 Å². The second kappa shape index (κ2) is 3.17. The molecule has 0 aliphatic heterocycles. The van der Waals surface area contributed by atoms with Gasteiger partial charge < -0.3 is 4.55 Å². The first-order valence-corrected chi connectivity index (χ1v) is 4.72. The SMILES string of the molecule is O=S(=O)([O-])C(F)(F)C(F)(F)n1cccn1. The maximum absolute atomic E-state index is 12.8. The Labute approximate surface area is 81.1 Å². The van der Waals surface area contributed by atoms with Gasteiger partial charge in [-0.2, -0.15) is 22.7 Å². The van der Waals surface area contributed by atoms with Crippen molar-refractivity contribution in [2.75, 3.05) is 0 Å². The minimum atomic E-state index is -6.48. The number of halogens is 4. The summed E-state index contributed by atoms with van der Waals surface area (Å²) in [7, 11) is -6.48. The molecule has 1 rings (SSSR count). The Kier molecular flexibility index (Phi) is 2.52. The summed E-state index contributed by atoms with van der Waals surface area (Å²) in [4.78, 5) is 0. The van der Waals surface area contributed by atoms with E-state index in [0.717, 1.165) is 12.3 Å². The van der Waals surface area contributed by atoms with Gasteiger partial charge >= 0.3 is 11.3 Å². The highest BCUT2D eigenvalue weighted by Crippen LogP contribution is 2.41. The number of alkyl halides is 4. The van der Waals surface area contributed by atoms with Gasteiger partial charge in [0, 0.05) is 12.4 Å². The number of nitrogens with zero attached hydrogens (tertiary/aromatic N) is 2. The van der Waals surface area contributed by atoms with Gasteiger partial charge in [0.1, 0.15) is 0 Å². The number of hydrogen-bond donors (Lipinski definition) is 0. The van der Waals surface area contributed by atoms with Gasteiger partial charge in [-0.25, -0.2) is 13.1 Å². The van der Waals surface area contributed by atoms with Crippen molar-refractivity contribution in [3.8, 4) is 0 Å². The predicted molar refractivity (Wildman–Crippen MR) is 37.1 cm³/mol. The molecule has 0 saturated heterocycles. The summed E-state index contributed by atoms with van der Waals surface area (Å²) in [6, 6.07) is -4.35. The summed E-state index contributed by atoms with van der Waals surface area (Å²) in [5.74, 6) is 0. The van der Waals surface area contributed by atoms with Crippen LogP contribution in [0.4, 0.5) is 17.6 Å². The largest absolute Gasteiger partial charge is 0.743 e. The lowest BCUT2D eigenvalue weighted by atomic mass is 10.5. The van der Waals surface area contributed by atoms with Gasteiger partial charge in [-0.3, -0.25) is 0 Å². The molecular weight excluding hydrogens is 244 g/mol. The molecule has 5 nitrogen and oxygen atoms in total. The summed E-state index contributed by atoms with van der Waals surface area (Å²) in [5, 5.41) is -3.01.